The lowest BCUT2D eigenvalue weighted by atomic mass is 10.0. The molecular weight excluding hydrogens is 298 g/mol. The van der Waals surface area contributed by atoms with E-state index in [4.69, 9.17) is 5.73 Å². The Morgan fingerprint density at radius 3 is 2.12 bits per heavy atom. The molecule has 0 atom stereocenters. The maximum absolute atomic E-state index is 11.6. The summed E-state index contributed by atoms with van der Waals surface area (Å²) in [4.78, 5) is 15.8. The Bertz CT molecular complexity index is 666. The zero-order valence-electron chi connectivity index (χ0n) is 14.2. The molecule has 4 heteroatoms. The van der Waals surface area contributed by atoms with E-state index in [1.54, 1.807) is 4.90 Å². The number of benzene rings is 2. The monoisotopic (exact) mass is 323 g/mol. The van der Waals surface area contributed by atoms with Gasteiger partial charge in [-0.15, -0.1) is 0 Å². The van der Waals surface area contributed by atoms with E-state index in [0.29, 0.717) is 0 Å². The third-order valence-electron chi connectivity index (χ3n) is 4.70. The summed E-state index contributed by atoms with van der Waals surface area (Å²) in [5, 5.41) is 0. The van der Waals surface area contributed by atoms with E-state index >= 15 is 0 Å². The molecule has 2 aromatic rings. The minimum Gasteiger partial charge on any atom is -0.345 e. The summed E-state index contributed by atoms with van der Waals surface area (Å²) >= 11 is 0. The quantitative estimate of drug-likeness (QED) is 0.920. The van der Waals surface area contributed by atoms with E-state index in [0.717, 1.165) is 32.4 Å². The number of fused-ring (bicyclic) bond motifs is 2. The molecule has 3 rings (SSSR count). The second-order valence-electron chi connectivity index (χ2n) is 6.28. The van der Waals surface area contributed by atoms with Gasteiger partial charge >= 0.3 is 0 Å². The van der Waals surface area contributed by atoms with Crippen LogP contribution in [0.15, 0.2) is 48.5 Å². The average molecular weight is 323 g/mol. The molecule has 0 unspecified atom stereocenters. The fraction of sp³-hybridized carbons (Fsp3) is 0.350. The second-order valence-corrected chi connectivity index (χ2v) is 6.28. The zero-order valence-corrected chi connectivity index (χ0v) is 14.2. The summed E-state index contributed by atoms with van der Waals surface area (Å²) < 4.78 is 0. The summed E-state index contributed by atoms with van der Waals surface area (Å²) in [5.74, 6) is -0.00772. The number of likely N-dealkylation sites (N-methyl/N-ethyl adjacent to an activating group) is 1. The van der Waals surface area contributed by atoms with Gasteiger partial charge in [0.1, 0.15) is 0 Å². The standard InChI is InChI=1S/C20H25N3O/c1-22(20(24)15-21)13-6-14-23-18-9-4-2-7-16(18)11-12-17-8-3-5-10-19(17)23/h2-5,7-10H,6,11-15,21H2,1H3. The molecule has 2 aromatic carbocycles. The highest BCUT2D eigenvalue weighted by molar-refractivity contribution is 5.77. The van der Waals surface area contributed by atoms with Gasteiger partial charge < -0.3 is 15.5 Å². The number of anilines is 2. The van der Waals surface area contributed by atoms with Gasteiger partial charge in [0.25, 0.3) is 0 Å². The molecular formula is C20H25N3O. The summed E-state index contributed by atoms with van der Waals surface area (Å²) in [5.41, 5.74) is 10.8. The second kappa shape index (κ2) is 7.49. The average Bonchev–Trinajstić information content (AvgIpc) is 2.78. The summed E-state index contributed by atoms with van der Waals surface area (Å²) in [6, 6.07) is 17.3. The first kappa shape index (κ1) is 16.5. The smallest absolute Gasteiger partial charge is 0.236 e. The molecule has 4 nitrogen and oxygen atoms in total. The molecule has 2 N–H and O–H groups in total. The normalized spacial score (nSPS) is 13.0. The number of amides is 1. The Hall–Kier alpha value is -2.33. The van der Waals surface area contributed by atoms with E-state index in [1.165, 1.54) is 22.5 Å². The van der Waals surface area contributed by atoms with Crippen molar-refractivity contribution in [3.8, 4) is 0 Å². The zero-order chi connectivity index (χ0) is 16.9. The van der Waals surface area contributed by atoms with Crippen molar-refractivity contribution < 1.29 is 4.79 Å². The summed E-state index contributed by atoms with van der Waals surface area (Å²) in [6.45, 7) is 1.68. The number of aryl methyl sites for hydroxylation is 2. The Morgan fingerprint density at radius 2 is 1.58 bits per heavy atom. The number of carbonyl (C=O) groups is 1. The summed E-state index contributed by atoms with van der Waals surface area (Å²) in [6.07, 6.45) is 3.04. The molecule has 0 saturated carbocycles. The van der Waals surface area contributed by atoms with Gasteiger partial charge in [-0.2, -0.15) is 0 Å². The van der Waals surface area contributed by atoms with E-state index in [9.17, 15) is 4.79 Å². The molecule has 1 heterocycles. The number of para-hydroxylation sites is 2. The largest absolute Gasteiger partial charge is 0.345 e. The van der Waals surface area contributed by atoms with Gasteiger partial charge in [0, 0.05) is 31.5 Å². The highest BCUT2D eigenvalue weighted by Crippen LogP contribution is 2.35. The van der Waals surface area contributed by atoms with E-state index in [1.807, 2.05) is 7.05 Å². The van der Waals surface area contributed by atoms with Crippen molar-refractivity contribution in [2.24, 2.45) is 5.73 Å². The number of hydrogen-bond acceptors (Lipinski definition) is 3. The van der Waals surface area contributed by atoms with Crippen LogP contribution in [0, 0.1) is 0 Å². The molecule has 0 bridgehead atoms. The van der Waals surface area contributed by atoms with Crippen molar-refractivity contribution in [1.29, 1.82) is 0 Å². The Morgan fingerprint density at radius 1 is 1.04 bits per heavy atom. The molecule has 24 heavy (non-hydrogen) atoms. The van der Waals surface area contributed by atoms with Crippen LogP contribution in [0.5, 0.6) is 0 Å². The maximum Gasteiger partial charge on any atom is 0.236 e. The van der Waals surface area contributed by atoms with Crippen molar-refractivity contribution in [2.45, 2.75) is 19.3 Å². The van der Waals surface area contributed by atoms with Crippen LogP contribution in [0.4, 0.5) is 11.4 Å². The molecule has 1 aliphatic rings. The maximum atomic E-state index is 11.6. The van der Waals surface area contributed by atoms with Gasteiger partial charge in [-0.25, -0.2) is 0 Å². The van der Waals surface area contributed by atoms with Crippen molar-refractivity contribution in [2.75, 3.05) is 31.6 Å². The Kier molecular flexibility index (Phi) is 5.16. The molecule has 0 spiro atoms. The topological polar surface area (TPSA) is 49.6 Å². The number of nitrogens with two attached hydrogens (primary N) is 1. The number of nitrogens with zero attached hydrogens (tertiary/aromatic N) is 2. The first-order valence-electron chi connectivity index (χ1n) is 8.58. The van der Waals surface area contributed by atoms with Crippen molar-refractivity contribution in [3.05, 3.63) is 59.7 Å². The van der Waals surface area contributed by atoms with Gasteiger partial charge in [-0.3, -0.25) is 4.79 Å². The minimum atomic E-state index is -0.00772. The first-order chi connectivity index (χ1) is 11.7. The van der Waals surface area contributed by atoms with Crippen LogP contribution in [0.2, 0.25) is 0 Å². The van der Waals surface area contributed by atoms with Crippen molar-refractivity contribution in [3.63, 3.8) is 0 Å². The van der Waals surface area contributed by atoms with E-state index in [-0.39, 0.29) is 12.5 Å². The molecule has 0 aromatic heterocycles. The van der Waals surface area contributed by atoms with E-state index in [2.05, 4.69) is 53.4 Å². The summed E-state index contributed by atoms with van der Waals surface area (Å²) in [7, 11) is 1.82. The number of hydrogen-bond donors (Lipinski definition) is 1. The lowest BCUT2D eigenvalue weighted by Crippen LogP contribution is -2.34. The van der Waals surface area contributed by atoms with Gasteiger partial charge in [0.15, 0.2) is 0 Å². The van der Waals surface area contributed by atoms with Crippen LogP contribution in [-0.4, -0.2) is 37.5 Å². The predicted octanol–water partition coefficient (Wildman–Crippen LogP) is 2.73. The van der Waals surface area contributed by atoms with Gasteiger partial charge in [-0.05, 0) is 42.5 Å². The SMILES string of the molecule is CN(CCCN1c2ccccc2CCc2ccccc21)C(=O)CN. The molecule has 0 aliphatic carbocycles. The first-order valence-corrected chi connectivity index (χ1v) is 8.58. The number of carbonyl (C=O) groups excluding carboxylic acids is 1. The molecule has 0 fully saturated rings. The highest BCUT2D eigenvalue weighted by atomic mass is 16.2. The third-order valence-corrected chi connectivity index (χ3v) is 4.70. The lowest BCUT2D eigenvalue weighted by molar-refractivity contribution is -0.128. The van der Waals surface area contributed by atoms with Crippen LogP contribution in [0.1, 0.15) is 17.5 Å². The molecule has 0 radical (unpaired) electrons. The van der Waals surface area contributed by atoms with Gasteiger partial charge in [0.2, 0.25) is 5.91 Å². The highest BCUT2D eigenvalue weighted by Gasteiger charge is 2.19. The van der Waals surface area contributed by atoms with E-state index < -0.39 is 0 Å². The van der Waals surface area contributed by atoms with Crippen LogP contribution < -0.4 is 10.6 Å². The van der Waals surface area contributed by atoms with Crippen LogP contribution in [0.3, 0.4) is 0 Å². The van der Waals surface area contributed by atoms with Gasteiger partial charge in [0.05, 0.1) is 6.54 Å². The predicted molar refractivity (Wildman–Crippen MR) is 98.6 cm³/mol. The minimum absolute atomic E-state index is 0.00772. The fourth-order valence-electron chi connectivity index (χ4n) is 3.36. The van der Waals surface area contributed by atoms with Crippen molar-refractivity contribution in [1.82, 2.24) is 4.90 Å². The molecule has 1 aliphatic heterocycles. The van der Waals surface area contributed by atoms with Gasteiger partial charge in [-0.1, -0.05) is 36.4 Å². The van der Waals surface area contributed by atoms with Crippen molar-refractivity contribution >= 4 is 17.3 Å². The number of rotatable bonds is 5. The molecule has 0 saturated heterocycles. The Labute approximate surface area is 143 Å². The fourth-order valence-corrected chi connectivity index (χ4v) is 3.36. The Balaban J connectivity index is 1.82. The lowest BCUT2D eigenvalue weighted by Gasteiger charge is -2.28. The molecule has 1 amide bonds. The van der Waals surface area contributed by atoms with Crippen LogP contribution >= 0.6 is 0 Å². The van der Waals surface area contributed by atoms with Crippen LogP contribution in [-0.2, 0) is 17.6 Å². The third kappa shape index (κ3) is 3.44. The van der Waals surface area contributed by atoms with Crippen LogP contribution in [0.25, 0.3) is 0 Å². The molecule has 126 valence electrons.